The molecule has 1 aromatic carbocycles. The van der Waals surface area contributed by atoms with Gasteiger partial charge in [0.2, 0.25) is 0 Å². The molecule has 0 heterocycles. The lowest BCUT2D eigenvalue weighted by Gasteiger charge is -2.14. The van der Waals surface area contributed by atoms with Crippen LogP contribution in [0, 0.1) is 0 Å². The SMILES string of the molecule is CN[C@H](CO)c1ccc(O)c(OC)c1. The molecule has 0 fully saturated rings. The Morgan fingerprint density at radius 3 is 2.71 bits per heavy atom. The third kappa shape index (κ3) is 2.16. The average molecular weight is 197 g/mol. The Morgan fingerprint density at radius 1 is 1.50 bits per heavy atom. The summed E-state index contributed by atoms with van der Waals surface area (Å²) in [5, 5.41) is 21.4. The highest BCUT2D eigenvalue weighted by atomic mass is 16.5. The van der Waals surface area contributed by atoms with Crippen molar-refractivity contribution in [1.82, 2.24) is 5.32 Å². The molecular formula is C10H15NO3. The maximum Gasteiger partial charge on any atom is 0.160 e. The van der Waals surface area contributed by atoms with E-state index in [1.165, 1.54) is 7.11 Å². The number of aromatic hydroxyl groups is 1. The predicted octanol–water partition coefficient (Wildman–Crippen LogP) is 0.654. The Hall–Kier alpha value is -1.26. The molecule has 0 radical (unpaired) electrons. The number of benzene rings is 1. The molecule has 1 atom stereocenters. The van der Waals surface area contributed by atoms with Gasteiger partial charge in [0.05, 0.1) is 19.8 Å². The monoisotopic (exact) mass is 197 g/mol. The normalized spacial score (nSPS) is 12.5. The highest BCUT2D eigenvalue weighted by Crippen LogP contribution is 2.28. The number of nitrogens with one attached hydrogen (secondary N) is 1. The van der Waals surface area contributed by atoms with Gasteiger partial charge in [0, 0.05) is 0 Å². The second-order valence-electron chi connectivity index (χ2n) is 2.96. The van der Waals surface area contributed by atoms with Crippen LogP contribution in [0.2, 0.25) is 0 Å². The predicted molar refractivity (Wildman–Crippen MR) is 53.5 cm³/mol. The number of hydrogen-bond acceptors (Lipinski definition) is 4. The van der Waals surface area contributed by atoms with Gasteiger partial charge < -0.3 is 20.3 Å². The molecule has 4 heteroatoms. The van der Waals surface area contributed by atoms with Gasteiger partial charge in [-0.05, 0) is 24.7 Å². The van der Waals surface area contributed by atoms with E-state index in [4.69, 9.17) is 9.84 Å². The molecule has 0 aromatic heterocycles. The summed E-state index contributed by atoms with van der Waals surface area (Å²) in [7, 11) is 3.26. The standard InChI is InChI=1S/C10H15NO3/c1-11-8(6-12)7-3-4-9(13)10(5-7)14-2/h3-5,8,11-13H,6H2,1-2H3/t8-/m1/s1. The number of phenols is 1. The summed E-state index contributed by atoms with van der Waals surface area (Å²) in [6, 6.07) is 4.86. The van der Waals surface area contributed by atoms with Crippen molar-refractivity contribution in [2.75, 3.05) is 20.8 Å². The quantitative estimate of drug-likeness (QED) is 0.663. The van der Waals surface area contributed by atoms with Gasteiger partial charge in [-0.3, -0.25) is 0 Å². The van der Waals surface area contributed by atoms with E-state index < -0.39 is 0 Å². The minimum Gasteiger partial charge on any atom is -0.504 e. The van der Waals surface area contributed by atoms with E-state index >= 15 is 0 Å². The van der Waals surface area contributed by atoms with Crippen LogP contribution in [0.4, 0.5) is 0 Å². The van der Waals surface area contributed by atoms with Gasteiger partial charge in [-0.1, -0.05) is 6.07 Å². The Balaban J connectivity index is 2.98. The molecule has 0 aliphatic heterocycles. The van der Waals surface area contributed by atoms with Crippen molar-refractivity contribution >= 4 is 0 Å². The van der Waals surface area contributed by atoms with Gasteiger partial charge in [-0.2, -0.15) is 0 Å². The highest BCUT2D eigenvalue weighted by Gasteiger charge is 2.10. The van der Waals surface area contributed by atoms with Gasteiger partial charge in [0.1, 0.15) is 0 Å². The number of ether oxygens (including phenoxy) is 1. The van der Waals surface area contributed by atoms with Crippen molar-refractivity contribution in [3.05, 3.63) is 23.8 Å². The molecule has 0 aliphatic carbocycles. The van der Waals surface area contributed by atoms with E-state index in [-0.39, 0.29) is 18.4 Å². The van der Waals surface area contributed by atoms with Crippen LogP contribution in [0.5, 0.6) is 11.5 Å². The largest absolute Gasteiger partial charge is 0.504 e. The molecule has 4 nitrogen and oxygen atoms in total. The summed E-state index contributed by atoms with van der Waals surface area (Å²) in [5.74, 6) is 0.514. The zero-order valence-corrected chi connectivity index (χ0v) is 8.32. The van der Waals surface area contributed by atoms with Crippen molar-refractivity contribution in [2.24, 2.45) is 0 Å². The molecule has 0 saturated heterocycles. The van der Waals surface area contributed by atoms with Crippen LogP contribution in [0.25, 0.3) is 0 Å². The molecule has 14 heavy (non-hydrogen) atoms. The van der Waals surface area contributed by atoms with Gasteiger partial charge in [0.15, 0.2) is 11.5 Å². The molecule has 1 rings (SSSR count). The summed E-state index contributed by atoms with van der Waals surface area (Å²) in [6.07, 6.45) is 0. The Morgan fingerprint density at radius 2 is 2.21 bits per heavy atom. The lowest BCUT2D eigenvalue weighted by molar-refractivity contribution is 0.250. The summed E-state index contributed by atoms with van der Waals surface area (Å²) in [5.41, 5.74) is 0.879. The van der Waals surface area contributed by atoms with Crippen molar-refractivity contribution in [1.29, 1.82) is 0 Å². The molecule has 1 aromatic rings. The van der Waals surface area contributed by atoms with Crippen LogP contribution >= 0.6 is 0 Å². The van der Waals surface area contributed by atoms with Crippen LogP contribution in [0.1, 0.15) is 11.6 Å². The number of aliphatic hydroxyl groups is 1. The van der Waals surface area contributed by atoms with E-state index in [0.29, 0.717) is 5.75 Å². The molecule has 78 valence electrons. The lowest BCUT2D eigenvalue weighted by Crippen LogP contribution is -2.19. The first-order chi connectivity index (χ1) is 6.72. The van der Waals surface area contributed by atoms with Crippen molar-refractivity contribution < 1.29 is 14.9 Å². The Kier molecular flexibility index (Phi) is 3.73. The molecule has 0 spiro atoms. The van der Waals surface area contributed by atoms with Gasteiger partial charge in [-0.15, -0.1) is 0 Å². The van der Waals surface area contributed by atoms with Crippen LogP contribution in [-0.4, -0.2) is 31.0 Å². The fourth-order valence-corrected chi connectivity index (χ4v) is 1.27. The lowest BCUT2D eigenvalue weighted by atomic mass is 10.1. The van der Waals surface area contributed by atoms with Crippen LogP contribution in [0.15, 0.2) is 18.2 Å². The molecule has 0 bridgehead atoms. The molecule has 0 unspecified atom stereocenters. The maximum absolute atomic E-state index is 9.35. The minimum absolute atomic E-state index is 0.00439. The van der Waals surface area contributed by atoms with E-state index in [1.807, 2.05) is 0 Å². The topological polar surface area (TPSA) is 61.7 Å². The van der Waals surface area contributed by atoms with E-state index in [2.05, 4.69) is 5.32 Å². The first kappa shape index (κ1) is 10.8. The van der Waals surface area contributed by atoms with Crippen molar-refractivity contribution in [3.63, 3.8) is 0 Å². The molecule has 0 saturated carbocycles. The van der Waals surface area contributed by atoms with E-state index in [1.54, 1.807) is 25.2 Å². The molecule has 3 N–H and O–H groups in total. The third-order valence-corrected chi connectivity index (χ3v) is 2.14. The molecule has 0 aliphatic rings. The Bertz CT molecular complexity index is 297. The Labute approximate surface area is 83.1 Å². The number of aliphatic hydroxyl groups excluding tert-OH is 1. The van der Waals surface area contributed by atoms with Gasteiger partial charge in [0.25, 0.3) is 0 Å². The second kappa shape index (κ2) is 4.83. The zero-order chi connectivity index (χ0) is 10.6. The second-order valence-corrected chi connectivity index (χ2v) is 2.96. The first-order valence-corrected chi connectivity index (χ1v) is 4.38. The van der Waals surface area contributed by atoms with Crippen molar-refractivity contribution in [3.8, 4) is 11.5 Å². The summed E-state index contributed by atoms with van der Waals surface area (Å²) in [4.78, 5) is 0. The number of hydrogen-bond donors (Lipinski definition) is 3. The summed E-state index contributed by atoms with van der Waals surface area (Å²) in [6.45, 7) is 0.00439. The van der Waals surface area contributed by atoms with Crippen LogP contribution < -0.4 is 10.1 Å². The summed E-state index contributed by atoms with van der Waals surface area (Å²) < 4.78 is 4.97. The fraction of sp³-hybridized carbons (Fsp3) is 0.400. The van der Waals surface area contributed by atoms with Crippen LogP contribution in [-0.2, 0) is 0 Å². The highest BCUT2D eigenvalue weighted by molar-refractivity contribution is 5.42. The summed E-state index contributed by atoms with van der Waals surface area (Å²) >= 11 is 0. The minimum atomic E-state index is -0.135. The third-order valence-electron chi connectivity index (χ3n) is 2.14. The van der Waals surface area contributed by atoms with E-state index in [0.717, 1.165) is 5.56 Å². The first-order valence-electron chi connectivity index (χ1n) is 4.38. The van der Waals surface area contributed by atoms with E-state index in [9.17, 15) is 5.11 Å². The number of likely N-dealkylation sites (N-methyl/N-ethyl adjacent to an activating group) is 1. The zero-order valence-electron chi connectivity index (χ0n) is 8.32. The average Bonchev–Trinajstić information content (AvgIpc) is 2.22. The number of phenolic OH excluding ortho intramolecular Hbond substituents is 1. The van der Waals surface area contributed by atoms with Crippen molar-refractivity contribution in [2.45, 2.75) is 6.04 Å². The smallest absolute Gasteiger partial charge is 0.160 e. The van der Waals surface area contributed by atoms with Gasteiger partial charge in [-0.25, -0.2) is 0 Å². The van der Waals surface area contributed by atoms with Crippen LogP contribution in [0.3, 0.4) is 0 Å². The fourth-order valence-electron chi connectivity index (χ4n) is 1.27. The van der Waals surface area contributed by atoms with Gasteiger partial charge >= 0.3 is 0 Å². The number of methoxy groups -OCH3 is 1. The maximum atomic E-state index is 9.35. The number of rotatable bonds is 4. The molecule has 0 amide bonds. The molecular weight excluding hydrogens is 182 g/mol.